The van der Waals surface area contributed by atoms with Gasteiger partial charge in [-0.1, -0.05) is 37.1 Å². The number of hydrogen-bond donors (Lipinski definition) is 1. The zero-order valence-electron chi connectivity index (χ0n) is 19.8. The predicted molar refractivity (Wildman–Crippen MR) is 129 cm³/mol. The average Bonchev–Trinajstić information content (AvgIpc) is 3.49. The topological polar surface area (TPSA) is 76.1 Å². The number of fused-ring (bicyclic) bond motifs is 1. The molecule has 1 aliphatic heterocycles. The Labute approximate surface area is 200 Å². The Bertz CT molecular complexity index is 1160. The number of nitrogens with zero attached hydrogens (tertiary/aromatic N) is 1. The van der Waals surface area contributed by atoms with Crippen LogP contribution in [-0.2, 0) is 22.4 Å². The fourth-order valence-electron chi connectivity index (χ4n) is 5.88. The van der Waals surface area contributed by atoms with Crippen molar-refractivity contribution in [1.82, 2.24) is 4.90 Å². The summed E-state index contributed by atoms with van der Waals surface area (Å²) in [6.07, 6.45) is 7.98. The lowest BCUT2D eigenvalue weighted by atomic mass is 9.88. The monoisotopic (exact) mass is 461 g/mol. The lowest BCUT2D eigenvalue weighted by Gasteiger charge is -2.31. The number of aryl methyl sites for hydroxylation is 2. The summed E-state index contributed by atoms with van der Waals surface area (Å²) < 4.78 is 11.2. The number of aliphatic hydroxyl groups excluding tert-OH is 1. The summed E-state index contributed by atoms with van der Waals surface area (Å²) >= 11 is 0. The maximum absolute atomic E-state index is 13.4. The van der Waals surface area contributed by atoms with Crippen molar-refractivity contribution >= 4 is 17.4 Å². The molecule has 1 heterocycles. The van der Waals surface area contributed by atoms with Crippen LogP contribution in [0.3, 0.4) is 0 Å². The van der Waals surface area contributed by atoms with Crippen molar-refractivity contribution in [2.24, 2.45) is 0 Å². The number of para-hydroxylation sites is 1. The van der Waals surface area contributed by atoms with Crippen LogP contribution in [0.4, 0.5) is 0 Å². The van der Waals surface area contributed by atoms with Crippen LogP contribution in [0, 0.1) is 0 Å². The minimum atomic E-state index is -0.732. The molecule has 2 aromatic rings. The molecule has 6 nitrogen and oxygen atoms in total. The lowest BCUT2D eigenvalue weighted by Crippen LogP contribution is -2.37. The number of rotatable bonds is 5. The number of likely N-dealkylation sites (tertiary alicyclic amines) is 1. The third-order valence-corrected chi connectivity index (χ3v) is 7.55. The number of carbonyl (C=O) groups excluding carboxylic acids is 2. The zero-order chi connectivity index (χ0) is 23.8. The molecule has 1 saturated heterocycles. The van der Waals surface area contributed by atoms with Gasteiger partial charge in [-0.15, -0.1) is 0 Å². The van der Waals surface area contributed by atoms with E-state index in [1.165, 1.54) is 17.5 Å². The van der Waals surface area contributed by atoms with Crippen molar-refractivity contribution in [1.29, 1.82) is 0 Å². The molecule has 0 bridgehead atoms. The molecule has 1 N–H and O–H groups in total. The molecule has 0 radical (unpaired) electrons. The minimum Gasteiger partial charge on any atom is -0.507 e. The molecule has 3 aliphatic rings. The maximum Gasteiger partial charge on any atom is 0.295 e. The van der Waals surface area contributed by atoms with Crippen molar-refractivity contribution < 1.29 is 24.2 Å². The van der Waals surface area contributed by atoms with Gasteiger partial charge in [0.1, 0.15) is 5.76 Å². The first kappa shape index (κ1) is 22.5. The summed E-state index contributed by atoms with van der Waals surface area (Å²) in [6.45, 7) is 0. The predicted octanol–water partition coefficient (Wildman–Crippen LogP) is 4.95. The van der Waals surface area contributed by atoms with Crippen molar-refractivity contribution in [3.63, 3.8) is 0 Å². The first-order chi connectivity index (χ1) is 16.5. The van der Waals surface area contributed by atoms with E-state index in [9.17, 15) is 14.7 Å². The van der Waals surface area contributed by atoms with Gasteiger partial charge in [-0.25, -0.2) is 0 Å². The van der Waals surface area contributed by atoms with Crippen LogP contribution < -0.4 is 9.47 Å². The summed E-state index contributed by atoms with van der Waals surface area (Å²) in [5.74, 6) is -0.331. The first-order valence-electron chi connectivity index (χ1n) is 12.2. The van der Waals surface area contributed by atoms with Gasteiger partial charge in [0.15, 0.2) is 11.5 Å². The Kier molecular flexibility index (Phi) is 6.07. The molecule has 1 unspecified atom stereocenters. The number of amides is 1. The molecular formula is C28H31NO5. The van der Waals surface area contributed by atoms with E-state index in [0.29, 0.717) is 22.6 Å². The Morgan fingerprint density at radius 3 is 2.38 bits per heavy atom. The Morgan fingerprint density at radius 2 is 1.68 bits per heavy atom. The number of hydrogen-bond acceptors (Lipinski definition) is 5. The second-order valence-corrected chi connectivity index (χ2v) is 9.42. The Morgan fingerprint density at radius 1 is 0.941 bits per heavy atom. The van der Waals surface area contributed by atoms with E-state index < -0.39 is 17.7 Å². The lowest BCUT2D eigenvalue weighted by molar-refractivity contribution is -0.141. The average molecular weight is 462 g/mol. The van der Waals surface area contributed by atoms with Gasteiger partial charge in [-0.05, 0) is 61.8 Å². The molecule has 6 heteroatoms. The van der Waals surface area contributed by atoms with Crippen molar-refractivity contribution in [3.8, 4) is 11.5 Å². The minimum absolute atomic E-state index is 0.0498. The number of ketones is 1. The molecule has 5 rings (SSSR count). The van der Waals surface area contributed by atoms with Gasteiger partial charge in [-0.3, -0.25) is 9.59 Å². The van der Waals surface area contributed by atoms with Crippen LogP contribution in [0.5, 0.6) is 11.5 Å². The van der Waals surface area contributed by atoms with Gasteiger partial charge in [0, 0.05) is 17.2 Å². The number of methoxy groups -OCH3 is 2. The van der Waals surface area contributed by atoms with Crippen molar-refractivity contribution in [2.75, 3.05) is 14.2 Å². The fourth-order valence-corrected chi connectivity index (χ4v) is 5.88. The Balaban J connectivity index is 1.70. The van der Waals surface area contributed by atoms with Gasteiger partial charge in [-0.2, -0.15) is 0 Å². The molecule has 0 aromatic heterocycles. The van der Waals surface area contributed by atoms with Crippen LogP contribution >= 0.6 is 0 Å². The highest BCUT2D eigenvalue weighted by atomic mass is 16.5. The van der Waals surface area contributed by atoms with Gasteiger partial charge < -0.3 is 19.5 Å². The largest absolute Gasteiger partial charge is 0.507 e. The molecule has 34 heavy (non-hydrogen) atoms. The number of Topliss-reactive ketones (excluding diaryl/α,β-unsaturated/α-hetero) is 1. The highest BCUT2D eigenvalue weighted by Gasteiger charge is 2.50. The number of ether oxygens (including phenoxy) is 2. The highest BCUT2D eigenvalue weighted by Crippen LogP contribution is 2.48. The molecule has 1 amide bonds. The summed E-state index contributed by atoms with van der Waals surface area (Å²) in [6, 6.07) is 10.6. The normalized spacial score (nSPS) is 22.2. The zero-order valence-corrected chi connectivity index (χ0v) is 19.8. The molecule has 2 aromatic carbocycles. The van der Waals surface area contributed by atoms with Crippen LogP contribution in [0.15, 0.2) is 42.0 Å². The van der Waals surface area contributed by atoms with E-state index in [-0.39, 0.29) is 17.4 Å². The van der Waals surface area contributed by atoms with Crippen LogP contribution in [-0.4, -0.2) is 42.0 Å². The Hall–Kier alpha value is -3.28. The molecule has 0 spiro atoms. The van der Waals surface area contributed by atoms with E-state index in [2.05, 4.69) is 0 Å². The molecule has 2 fully saturated rings. The van der Waals surface area contributed by atoms with Crippen molar-refractivity contribution in [3.05, 3.63) is 64.2 Å². The van der Waals surface area contributed by atoms with Gasteiger partial charge in [0.2, 0.25) is 0 Å². The summed E-state index contributed by atoms with van der Waals surface area (Å²) in [5, 5.41) is 11.5. The van der Waals surface area contributed by atoms with E-state index in [4.69, 9.17) is 9.47 Å². The fraction of sp³-hybridized carbons (Fsp3) is 0.429. The van der Waals surface area contributed by atoms with Crippen LogP contribution in [0.25, 0.3) is 5.76 Å². The SMILES string of the molecule is COc1cccc(C2/C(=C(\O)c3ccc4c(c3)CCCC4)C(=O)C(=O)N2C2CCCC2)c1OC. The highest BCUT2D eigenvalue weighted by molar-refractivity contribution is 6.46. The maximum atomic E-state index is 13.4. The van der Waals surface area contributed by atoms with Crippen LogP contribution in [0.1, 0.15) is 66.8 Å². The summed E-state index contributed by atoms with van der Waals surface area (Å²) in [7, 11) is 3.11. The summed E-state index contributed by atoms with van der Waals surface area (Å²) in [4.78, 5) is 28.5. The third kappa shape index (κ3) is 3.65. The number of benzene rings is 2. The second kappa shape index (κ2) is 9.16. The van der Waals surface area contributed by atoms with Gasteiger partial charge in [0.25, 0.3) is 11.7 Å². The van der Waals surface area contributed by atoms with E-state index in [1.54, 1.807) is 25.2 Å². The number of carbonyl (C=O) groups is 2. The first-order valence-corrected chi connectivity index (χ1v) is 12.2. The van der Waals surface area contributed by atoms with E-state index in [0.717, 1.165) is 44.9 Å². The van der Waals surface area contributed by atoms with E-state index >= 15 is 0 Å². The summed E-state index contributed by atoms with van der Waals surface area (Å²) in [5.41, 5.74) is 3.85. The second-order valence-electron chi connectivity index (χ2n) is 9.42. The van der Waals surface area contributed by atoms with E-state index in [1.807, 2.05) is 30.3 Å². The quantitative estimate of drug-likeness (QED) is 0.388. The smallest absolute Gasteiger partial charge is 0.295 e. The van der Waals surface area contributed by atoms with Crippen molar-refractivity contribution in [2.45, 2.75) is 63.5 Å². The molecule has 1 atom stereocenters. The molecule has 2 aliphatic carbocycles. The standard InChI is InChI=1S/C28H31NO5/c1-33-22-13-7-12-21(27(22)34-2)24-23(26(31)28(32)29(24)20-10-5-6-11-20)25(30)19-15-14-17-8-3-4-9-18(17)16-19/h7,12-16,20,24,30H,3-6,8-11H2,1-2H3/b25-23+. The van der Waals surface area contributed by atoms with Gasteiger partial charge in [0.05, 0.1) is 25.8 Å². The molecular weight excluding hydrogens is 430 g/mol. The third-order valence-electron chi connectivity index (χ3n) is 7.55. The molecule has 1 saturated carbocycles. The van der Waals surface area contributed by atoms with Gasteiger partial charge >= 0.3 is 0 Å². The van der Waals surface area contributed by atoms with Crippen LogP contribution in [0.2, 0.25) is 0 Å². The number of aliphatic hydroxyl groups is 1. The molecule has 178 valence electrons.